The lowest BCUT2D eigenvalue weighted by Gasteiger charge is -2.14. The molecule has 2 heterocycles. The zero-order valence-corrected chi connectivity index (χ0v) is 14.0. The number of nitrogens with zero attached hydrogens (tertiary/aromatic N) is 3. The van der Waals surface area contributed by atoms with Crippen LogP contribution in [0.2, 0.25) is 0 Å². The quantitative estimate of drug-likeness (QED) is 0.617. The molecule has 0 aliphatic carbocycles. The number of hydrogen-bond donors (Lipinski definition) is 1. The molecule has 0 fully saturated rings. The summed E-state index contributed by atoms with van der Waals surface area (Å²) in [5, 5.41) is 10.8. The van der Waals surface area contributed by atoms with Crippen molar-refractivity contribution < 1.29 is 5.11 Å². The number of phenols is 1. The van der Waals surface area contributed by atoms with E-state index in [0.717, 1.165) is 5.56 Å². The van der Waals surface area contributed by atoms with Gasteiger partial charge < -0.3 is 5.11 Å². The Bertz CT molecular complexity index is 1120. The van der Waals surface area contributed by atoms with Crippen molar-refractivity contribution in [1.29, 1.82) is 0 Å². The number of aryl methyl sites for hydroxylation is 1. The second-order valence-electron chi connectivity index (χ2n) is 6.04. The van der Waals surface area contributed by atoms with E-state index in [-0.39, 0.29) is 11.3 Å². The molecule has 0 saturated heterocycles. The highest BCUT2D eigenvalue weighted by Gasteiger charge is 2.15. The predicted octanol–water partition coefficient (Wildman–Crippen LogP) is 3.41. The van der Waals surface area contributed by atoms with Crippen LogP contribution < -0.4 is 5.56 Å². The van der Waals surface area contributed by atoms with Crippen LogP contribution in [-0.2, 0) is 13.0 Å². The van der Waals surface area contributed by atoms with Gasteiger partial charge in [0.1, 0.15) is 11.6 Å². The normalized spacial score (nSPS) is 10.9. The van der Waals surface area contributed by atoms with Gasteiger partial charge in [0.25, 0.3) is 5.56 Å². The minimum Gasteiger partial charge on any atom is -0.507 e. The summed E-state index contributed by atoms with van der Waals surface area (Å²) in [6, 6.07) is 18.1. The molecule has 0 amide bonds. The van der Waals surface area contributed by atoms with Gasteiger partial charge in [-0.25, -0.2) is 4.98 Å². The average Bonchev–Trinajstić information content (AvgIpc) is 2.68. The van der Waals surface area contributed by atoms with Crippen LogP contribution in [0.5, 0.6) is 5.75 Å². The first-order valence-electron chi connectivity index (χ1n) is 8.41. The molecule has 26 heavy (non-hydrogen) atoms. The average molecular weight is 343 g/mol. The van der Waals surface area contributed by atoms with Crippen LogP contribution in [0.25, 0.3) is 22.3 Å². The third kappa shape index (κ3) is 2.95. The van der Waals surface area contributed by atoms with Gasteiger partial charge in [0.2, 0.25) is 0 Å². The van der Waals surface area contributed by atoms with Crippen LogP contribution in [0.15, 0.2) is 77.9 Å². The predicted molar refractivity (Wildman–Crippen MR) is 101 cm³/mol. The van der Waals surface area contributed by atoms with Gasteiger partial charge in [-0.3, -0.25) is 14.3 Å². The number of fused-ring (bicyclic) bond motifs is 1. The van der Waals surface area contributed by atoms with E-state index in [9.17, 15) is 9.90 Å². The van der Waals surface area contributed by atoms with Gasteiger partial charge in [-0.05, 0) is 42.3 Å². The number of pyridine rings is 1. The number of hydrogen-bond acceptors (Lipinski definition) is 4. The molecular formula is C21H17N3O2. The number of aromatic nitrogens is 3. The molecule has 4 aromatic rings. The van der Waals surface area contributed by atoms with Crippen LogP contribution in [0.4, 0.5) is 0 Å². The highest BCUT2D eigenvalue weighted by Crippen LogP contribution is 2.27. The minimum absolute atomic E-state index is 0.102. The third-order valence-electron chi connectivity index (χ3n) is 4.35. The van der Waals surface area contributed by atoms with Crippen molar-refractivity contribution in [2.75, 3.05) is 0 Å². The van der Waals surface area contributed by atoms with E-state index < -0.39 is 0 Å². The summed E-state index contributed by atoms with van der Waals surface area (Å²) >= 11 is 0. The monoisotopic (exact) mass is 343 g/mol. The van der Waals surface area contributed by atoms with Crippen LogP contribution >= 0.6 is 0 Å². The summed E-state index contributed by atoms with van der Waals surface area (Å²) in [7, 11) is 0. The maximum absolute atomic E-state index is 13.1. The van der Waals surface area contributed by atoms with Crippen molar-refractivity contribution in [3.8, 4) is 17.1 Å². The van der Waals surface area contributed by atoms with Gasteiger partial charge in [0.05, 0.1) is 16.5 Å². The zero-order valence-electron chi connectivity index (χ0n) is 14.0. The van der Waals surface area contributed by atoms with E-state index in [2.05, 4.69) is 9.97 Å². The fourth-order valence-corrected chi connectivity index (χ4v) is 3.03. The standard InChI is InChI=1S/C21H17N3O2/c25-19-10-4-2-8-17(19)20-23-18-9-3-1-7-16(18)21(26)24(20)13-11-15-6-5-12-22-14-15/h1-10,12,14,25H,11,13H2. The Hall–Kier alpha value is -3.47. The van der Waals surface area contributed by atoms with Crippen LogP contribution in [0, 0.1) is 0 Å². The first kappa shape index (κ1) is 16.0. The highest BCUT2D eigenvalue weighted by molar-refractivity contribution is 5.80. The molecule has 0 radical (unpaired) electrons. The van der Waals surface area contributed by atoms with Gasteiger partial charge in [0.15, 0.2) is 0 Å². The Kier molecular flexibility index (Phi) is 4.19. The molecule has 5 heteroatoms. The molecule has 128 valence electrons. The van der Waals surface area contributed by atoms with E-state index in [4.69, 9.17) is 0 Å². The maximum Gasteiger partial charge on any atom is 0.261 e. The fraction of sp³-hybridized carbons (Fsp3) is 0.0952. The lowest BCUT2D eigenvalue weighted by atomic mass is 10.1. The summed E-state index contributed by atoms with van der Waals surface area (Å²) < 4.78 is 1.63. The molecule has 0 aliphatic heterocycles. The molecule has 2 aromatic carbocycles. The van der Waals surface area contributed by atoms with Gasteiger partial charge in [-0.1, -0.05) is 30.3 Å². The number of rotatable bonds is 4. The molecule has 0 spiro atoms. The number of aromatic hydroxyl groups is 1. The Morgan fingerprint density at radius 1 is 0.962 bits per heavy atom. The SMILES string of the molecule is O=c1c2ccccc2nc(-c2ccccc2O)n1CCc1cccnc1. The van der Waals surface area contributed by atoms with Gasteiger partial charge >= 0.3 is 0 Å². The molecule has 0 saturated carbocycles. The van der Waals surface area contributed by atoms with Crippen molar-refractivity contribution in [3.05, 3.63) is 89.0 Å². The van der Waals surface area contributed by atoms with Crippen LogP contribution in [-0.4, -0.2) is 19.6 Å². The molecule has 4 rings (SSSR count). The smallest absolute Gasteiger partial charge is 0.261 e. The second kappa shape index (κ2) is 6.80. The van der Waals surface area contributed by atoms with Crippen molar-refractivity contribution in [2.24, 2.45) is 0 Å². The highest BCUT2D eigenvalue weighted by atomic mass is 16.3. The molecule has 0 atom stereocenters. The number of phenolic OH excluding ortho intramolecular Hbond substituents is 1. The molecular weight excluding hydrogens is 326 g/mol. The summed E-state index contributed by atoms with van der Waals surface area (Å²) in [4.78, 5) is 21.9. The summed E-state index contributed by atoms with van der Waals surface area (Å²) in [5.41, 5.74) is 2.09. The molecule has 5 nitrogen and oxygen atoms in total. The lowest BCUT2D eigenvalue weighted by Crippen LogP contribution is -2.24. The zero-order chi connectivity index (χ0) is 17.9. The van der Waals surface area contributed by atoms with Crippen molar-refractivity contribution in [2.45, 2.75) is 13.0 Å². The first-order valence-corrected chi connectivity index (χ1v) is 8.41. The van der Waals surface area contributed by atoms with E-state index in [1.54, 1.807) is 41.2 Å². The molecule has 0 unspecified atom stereocenters. The molecule has 2 aromatic heterocycles. The molecule has 0 aliphatic rings. The largest absolute Gasteiger partial charge is 0.507 e. The van der Waals surface area contributed by atoms with Gasteiger partial charge in [-0.2, -0.15) is 0 Å². The fourth-order valence-electron chi connectivity index (χ4n) is 3.03. The van der Waals surface area contributed by atoms with Gasteiger partial charge in [0, 0.05) is 18.9 Å². The topological polar surface area (TPSA) is 68.0 Å². The number of para-hydroxylation sites is 2. The first-order chi connectivity index (χ1) is 12.7. The van der Waals surface area contributed by atoms with E-state index >= 15 is 0 Å². The maximum atomic E-state index is 13.1. The number of benzene rings is 2. The summed E-state index contributed by atoms with van der Waals surface area (Å²) in [6.07, 6.45) is 4.16. The summed E-state index contributed by atoms with van der Waals surface area (Å²) in [6.45, 7) is 0.450. The summed E-state index contributed by atoms with van der Waals surface area (Å²) in [5.74, 6) is 0.570. The van der Waals surface area contributed by atoms with E-state index in [0.29, 0.717) is 35.3 Å². The van der Waals surface area contributed by atoms with Crippen LogP contribution in [0.1, 0.15) is 5.56 Å². The van der Waals surface area contributed by atoms with E-state index in [1.807, 2.05) is 36.4 Å². The van der Waals surface area contributed by atoms with Crippen LogP contribution in [0.3, 0.4) is 0 Å². The van der Waals surface area contributed by atoms with Crippen molar-refractivity contribution in [1.82, 2.24) is 14.5 Å². The Morgan fingerprint density at radius 2 is 1.77 bits per heavy atom. The molecule has 0 bridgehead atoms. The van der Waals surface area contributed by atoms with Crippen molar-refractivity contribution >= 4 is 10.9 Å². The minimum atomic E-state index is -0.113. The lowest BCUT2D eigenvalue weighted by molar-refractivity contribution is 0.476. The Labute approximate surface area is 150 Å². The molecule has 1 N–H and O–H groups in total. The third-order valence-corrected chi connectivity index (χ3v) is 4.35. The second-order valence-corrected chi connectivity index (χ2v) is 6.04. The van der Waals surface area contributed by atoms with Crippen molar-refractivity contribution in [3.63, 3.8) is 0 Å². The Balaban J connectivity index is 1.88. The van der Waals surface area contributed by atoms with E-state index in [1.165, 1.54) is 0 Å². The van der Waals surface area contributed by atoms with Gasteiger partial charge in [-0.15, -0.1) is 0 Å². The Morgan fingerprint density at radius 3 is 2.58 bits per heavy atom.